The first-order chi connectivity index (χ1) is 21.0. The Labute approximate surface area is 265 Å². The normalized spacial score (nSPS) is 24.1. The van der Waals surface area contributed by atoms with Crippen LogP contribution in [0.25, 0.3) is 0 Å². The van der Waals surface area contributed by atoms with Crippen LogP contribution in [0.5, 0.6) is 0 Å². The van der Waals surface area contributed by atoms with Crippen LogP contribution in [-0.2, 0) is 14.3 Å². The minimum absolute atomic E-state index is 0.0285. The number of carbonyl (C=O) groups is 1. The molecule has 3 fully saturated rings. The molecule has 0 spiro atoms. The molecule has 13 nitrogen and oxygen atoms in total. The van der Waals surface area contributed by atoms with Crippen molar-refractivity contribution in [1.82, 2.24) is 42.5 Å². The molecule has 2 bridgehead atoms. The predicted octanol–water partition coefficient (Wildman–Crippen LogP) is -1.08. The first-order valence-electron chi connectivity index (χ1n) is 14.9. The summed E-state index contributed by atoms with van der Waals surface area (Å²) < 4.78 is 10.5. The lowest BCUT2D eigenvalue weighted by Crippen LogP contribution is -2.68. The number of ether oxygens (including phenoxy) is 2. The van der Waals surface area contributed by atoms with E-state index in [4.69, 9.17) is 33.9 Å². The zero-order chi connectivity index (χ0) is 30.6. The number of methoxy groups -OCH3 is 1. The van der Waals surface area contributed by atoms with Gasteiger partial charge in [0.1, 0.15) is 0 Å². The Morgan fingerprint density at radius 1 is 0.814 bits per heavy atom. The fourth-order valence-corrected chi connectivity index (χ4v) is 5.42. The molecule has 1 amide bonds. The molecule has 9 N–H and O–H groups in total. The van der Waals surface area contributed by atoms with Crippen molar-refractivity contribution in [3.8, 4) is 0 Å². The van der Waals surface area contributed by atoms with E-state index in [0.29, 0.717) is 70.6 Å². The SMILES string of the molecule is COCCOCCC(=O)NC12CNCCNCC(NC(=S)Nc3ccc(N=C=S)cc3)(CNCCNC1)CNCCNC2. The number of benzene rings is 1. The van der Waals surface area contributed by atoms with E-state index in [-0.39, 0.29) is 11.4 Å². The van der Waals surface area contributed by atoms with Crippen LogP contribution in [0.1, 0.15) is 6.42 Å². The first-order valence-corrected chi connectivity index (χ1v) is 15.7. The molecule has 3 aliphatic heterocycles. The molecule has 43 heavy (non-hydrogen) atoms. The molecule has 0 radical (unpaired) electrons. The minimum atomic E-state index is -0.491. The fourth-order valence-electron chi connectivity index (χ4n) is 4.98. The molecule has 3 saturated heterocycles. The van der Waals surface area contributed by atoms with Gasteiger partial charge in [-0.15, -0.1) is 0 Å². The highest BCUT2D eigenvalue weighted by atomic mass is 32.1. The standard InChI is InChI=1S/C28H48N10O3S2/c1-40-14-15-41-13-6-25(39)37-27-16-29-7-10-32-19-28(20-33-11-8-30-17-27,21-34-12-9-31-18-27)38-26(43)36-24-4-2-23(3-5-24)35-22-42/h2-5,29-34H,6-21H2,1H3,(H,37,39)(H2,36,38,43). The van der Waals surface area contributed by atoms with E-state index in [1.807, 2.05) is 24.3 Å². The van der Waals surface area contributed by atoms with Gasteiger partial charge in [-0.1, -0.05) is 0 Å². The number of nitrogens with zero attached hydrogens (tertiary/aromatic N) is 1. The molecule has 15 heteroatoms. The van der Waals surface area contributed by atoms with Crippen molar-refractivity contribution >= 4 is 52.0 Å². The van der Waals surface area contributed by atoms with Gasteiger partial charge in [0.05, 0.1) is 41.7 Å². The Hall–Kier alpha value is -2.14. The molecule has 0 aromatic heterocycles. The molecule has 0 saturated carbocycles. The second-order valence-corrected chi connectivity index (χ2v) is 11.4. The molecule has 0 atom stereocenters. The summed E-state index contributed by atoms with van der Waals surface area (Å²) in [4.78, 5) is 16.9. The number of hydrogen-bond acceptors (Lipinski definition) is 12. The minimum Gasteiger partial charge on any atom is -0.382 e. The first kappa shape index (κ1) is 35.3. The molecular formula is C28H48N10O3S2. The van der Waals surface area contributed by atoms with Crippen molar-refractivity contribution in [1.29, 1.82) is 0 Å². The second-order valence-electron chi connectivity index (χ2n) is 10.9. The van der Waals surface area contributed by atoms with E-state index in [1.165, 1.54) is 0 Å². The number of rotatable bonds is 10. The number of carbonyl (C=O) groups excluding carboxylic acids is 1. The Morgan fingerprint density at radius 2 is 1.30 bits per heavy atom. The molecule has 0 aliphatic carbocycles. The summed E-state index contributed by atoms with van der Waals surface area (Å²) in [6.07, 6.45) is 0.301. The van der Waals surface area contributed by atoms with Gasteiger partial charge >= 0.3 is 0 Å². The molecule has 4 rings (SSSR count). The maximum atomic E-state index is 12.9. The van der Waals surface area contributed by atoms with E-state index < -0.39 is 5.54 Å². The maximum Gasteiger partial charge on any atom is 0.222 e. The average Bonchev–Trinajstić information content (AvgIpc) is 2.99. The average molecular weight is 637 g/mol. The van der Waals surface area contributed by atoms with Crippen molar-refractivity contribution in [2.45, 2.75) is 17.5 Å². The topological polar surface area (TPSA) is 156 Å². The van der Waals surface area contributed by atoms with Gasteiger partial charge in [0.25, 0.3) is 0 Å². The molecular weight excluding hydrogens is 589 g/mol. The highest BCUT2D eigenvalue weighted by Crippen LogP contribution is 2.16. The van der Waals surface area contributed by atoms with Crippen molar-refractivity contribution in [3.05, 3.63) is 24.3 Å². The molecule has 240 valence electrons. The number of hydrogen-bond donors (Lipinski definition) is 9. The van der Waals surface area contributed by atoms with Gasteiger partial charge in [-0.3, -0.25) is 4.79 Å². The summed E-state index contributed by atoms with van der Waals surface area (Å²) >= 11 is 10.4. The summed E-state index contributed by atoms with van der Waals surface area (Å²) in [5.74, 6) is -0.0285. The second kappa shape index (κ2) is 20.0. The van der Waals surface area contributed by atoms with Crippen LogP contribution in [0.4, 0.5) is 11.4 Å². The van der Waals surface area contributed by atoms with Gasteiger partial charge in [0.2, 0.25) is 5.91 Å². The van der Waals surface area contributed by atoms with Crippen LogP contribution in [0.3, 0.4) is 0 Å². The van der Waals surface area contributed by atoms with Crippen molar-refractivity contribution < 1.29 is 14.3 Å². The lowest BCUT2D eigenvalue weighted by molar-refractivity contribution is -0.124. The monoisotopic (exact) mass is 636 g/mol. The fraction of sp³-hybridized carbons (Fsp3) is 0.679. The zero-order valence-electron chi connectivity index (χ0n) is 25.1. The smallest absolute Gasteiger partial charge is 0.222 e. The number of thiocarbonyl (C=S) groups is 2. The number of fused-ring (bicyclic) bond motifs is 15. The predicted molar refractivity (Wildman–Crippen MR) is 179 cm³/mol. The third-order valence-electron chi connectivity index (χ3n) is 7.20. The maximum absolute atomic E-state index is 12.9. The van der Waals surface area contributed by atoms with E-state index in [9.17, 15) is 4.79 Å². The lowest BCUT2D eigenvalue weighted by atomic mass is 9.97. The Bertz CT molecular complexity index is 983. The van der Waals surface area contributed by atoms with Crippen molar-refractivity contribution in [2.24, 2.45) is 4.99 Å². The van der Waals surface area contributed by atoms with E-state index in [0.717, 1.165) is 50.6 Å². The lowest BCUT2D eigenvalue weighted by Gasteiger charge is -2.39. The van der Waals surface area contributed by atoms with Crippen molar-refractivity contribution in [3.63, 3.8) is 0 Å². The van der Waals surface area contributed by atoms with Gasteiger partial charge in [-0.05, 0) is 48.7 Å². The van der Waals surface area contributed by atoms with Crippen LogP contribution >= 0.6 is 24.4 Å². The van der Waals surface area contributed by atoms with Crippen LogP contribution in [0.15, 0.2) is 29.3 Å². The largest absolute Gasteiger partial charge is 0.382 e. The van der Waals surface area contributed by atoms with Gasteiger partial charge in [0.15, 0.2) is 5.11 Å². The number of anilines is 1. The molecule has 3 heterocycles. The highest BCUT2D eigenvalue weighted by molar-refractivity contribution is 7.80. The van der Waals surface area contributed by atoms with Gasteiger partial charge < -0.3 is 57.3 Å². The van der Waals surface area contributed by atoms with E-state index in [1.54, 1.807) is 7.11 Å². The molecule has 3 aliphatic rings. The van der Waals surface area contributed by atoms with Crippen LogP contribution < -0.4 is 47.9 Å². The summed E-state index contributed by atoms with van der Waals surface area (Å²) in [5.41, 5.74) is 0.726. The molecule has 0 unspecified atom stereocenters. The summed E-state index contributed by atoms with van der Waals surface area (Å²) in [5, 5.41) is 34.7. The summed E-state index contributed by atoms with van der Waals surface area (Å²) in [6, 6.07) is 7.55. The highest BCUT2D eigenvalue weighted by Gasteiger charge is 2.33. The van der Waals surface area contributed by atoms with Crippen molar-refractivity contribution in [2.75, 3.05) is 111 Å². The number of amides is 1. The van der Waals surface area contributed by atoms with E-state index in [2.05, 4.69) is 58.0 Å². The quantitative estimate of drug-likeness (QED) is 0.0870. The number of isothiocyanates is 1. The number of aliphatic imine (C=N–C) groups is 1. The third kappa shape index (κ3) is 13.6. The summed E-state index contributed by atoms with van der Waals surface area (Å²) in [7, 11) is 1.63. The van der Waals surface area contributed by atoms with Gasteiger partial charge in [-0.25, -0.2) is 0 Å². The van der Waals surface area contributed by atoms with Gasteiger partial charge in [-0.2, -0.15) is 4.99 Å². The van der Waals surface area contributed by atoms with E-state index >= 15 is 0 Å². The number of nitrogens with one attached hydrogen (secondary N) is 9. The Kier molecular flexibility index (Phi) is 16.4. The summed E-state index contributed by atoms with van der Waals surface area (Å²) in [6.45, 7) is 9.77. The van der Waals surface area contributed by atoms with Gasteiger partial charge in [0, 0.05) is 97.8 Å². The zero-order valence-corrected chi connectivity index (χ0v) is 26.7. The van der Waals surface area contributed by atoms with Crippen LogP contribution in [0, 0.1) is 0 Å². The molecule has 1 aromatic rings. The van der Waals surface area contributed by atoms with Crippen LogP contribution in [-0.4, -0.2) is 133 Å². The Balaban J connectivity index is 1.64. The molecule has 1 aromatic carbocycles. The Morgan fingerprint density at radius 3 is 1.77 bits per heavy atom. The van der Waals surface area contributed by atoms with Crippen LogP contribution in [0.2, 0.25) is 0 Å². The third-order valence-corrected chi connectivity index (χ3v) is 7.50.